The van der Waals surface area contributed by atoms with E-state index in [0.29, 0.717) is 39.1 Å². The highest BCUT2D eigenvalue weighted by Gasteiger charge is 2.43. The molecule has 2 fully saturated rings. The summed E-state index contributed by atoms with van der Waals surface area (Å²) in [5, 5.41) is 0. The van der Waals surface area contributed by atoms with Gasteiger partial charge in [-0.25, -0.2) is 0 Å². The lowest BCUT2D eigenvalue weighted by molar-refractivity contribution is -0.146. The number of rotatable bonds is 6. The Bertz CT molecular complexity index is 630. The Kier molecular flexibility index (Phi) is 5.11. The van der Waals surface area contributed by atoms with Crippen molar-refractivity contribution in [2.24, 2.45) is 11.1 Å². The average Bonchev–Trinajstić information content (AvgIpc) is 2.97. The Morgan fingerprint density at radius 3 is 2.44 bits per heavy atom. The van der Waals surface area contributed by atoms with Crippen LogP contribution < -0.4 is 5.73 Å². The third kappa shape index (κ3) is 3.85. The Morgan fingerprint density at radius 1 is 1.24 bits per heavy atom. The van der Waals surface area contributed by atoms with Gasteiger partial charge in [0, 0.05) is 25.6 Å². The zero-order valence-electron chi connectivity index (χ0n) is 15.0. The van der Waals surface area contributed by atoms with Crippen molar-refractivity contribution in [3.05, 3.63) is 35.9 Å². The van der Waals surface area contributed by atoms with Gasteiger partial charge in [0.15, 0.2) is 0 Å². The van der Waals surface area contributed by atoms with Crippen molar-refractivity contribution in [1.82, 2.24) is 9.80 Å². The van der Waals surface area contributed by atoms with E-state index >= 15 is 0 Å². The van der Waals surface area contributed by atoms with Crippen molar-refractivity contribution in [3.63, 3.8) is 0 Å². The molecule has 2 amide bonds. The van der Waals surface area contributed by atoms with Crippen molar-refractivity contribution in [2.75, 3.05) is 26.8 Å². The van der Waals surface area contributed by atoms with E-state index in [1.165, 1.54) is 0 Å². The summed E-state index contributed by atoms with van der Waals surface area (Å²) < 4.78 is 5.28. The highest BCUT2D eigenvalue weighted by atomic mass is 16.5. The number of hydrogen-bond acceptors (Lipinski definition) is 4. The van der Waals surface area contributed by atoms with Crippen molar-refractivity contribution in [2.45, 2.75) is 38.4 Å². The van der Waals surface area contributed by atoms with Crippen molar-refractivity contribution in [1.29, 1.82) is 0 Å². The molecule has 0 aromatic heterocycles. The van der Waals surface area contributed by atoms with Gasteiger partial charge in [0.25, 0.3) is 0 Å². The zero-order valence-corrected chi connectivity index (χ0v) is 15.0. The molecule has 2 heterocycles. The van der Waals surface area contributed by atoms with E-state index in [9.17, 15) is 9.59 Å². The lowest BCUT2D eigenvalue weighted by Crippen LogP contribution is -2.54. The summed E-state index contributed by atoms with van der Waals surface area (Å²) in [5.74, 6) is -0.291. The van der Waals surface area contributed by atoms with Crippen LogP contribution in [-0.2, 0) is 20.9 Å². The fourth-order valence-corrected chi connectivity index (χ4v) is 3.90. The molecule has 1 aromatic rings. The Hall–Kier alpha value is -1.92. The lowest BCUT2D eigenvalue weighted by atomic mass is 9.88. The van der Waals surface area contributed by atoms with Gasteiger partial charge < -0.3 is 15.4 Å². The molecule has 2 atom stereocenters. The number of ether oxygens (including phenoxy) is 1. The first-order valence-electron chi connectivity index (χ1n) is 8.81. The zero-order chi connectivity index (χ0) is 18.0. The van der Waals surface area contributed by atoms with E-state index in [1.54, 1.807) is 4.90 Å². The molecule has 0 bridgehead atoms. The number of benzene rings is 1. The number of likely N-dealkylation sites (tertiary alicyclic amines) is 1. The number of nitrogens with two attached hydrogens (primary N) is 1. The van der Waals surface area contributed by atoms with Crippen molar-refractivity contribution >= 4 is 11.8 Å². The van der Waals surface area contributed by atoms with Gasteiger partial charge in [-0.3, -0.25) is 14.5 Å². The molecule has 3 rings (SSSR count). The summed E-state index contributed by atoms with van der Waals surface area (Å²) in [7, 11) is 1.84. The number of primary amides is 1. The number of nitrogens with zero attached hydrogens (tertiary/aromatic N) is 2. The van der Waals surface area contributed by atoms with E-state index in [1.807, 2.05) is 42.3 Å². The minimum absolute atomic E-state index is 0.0381. The summed E-state index contributed by atoms with van der Waals surface area (Å²) in [5.41, 5.74) is 6.71. The van der Waals surface area contributed by atoms with Crippen molar-refractivity contribution < 1.29 is 14.3 Å². The molecule has 6 nitrogen and oxygen atoms in total. The SMILES string of the molecule is CN(CC1(C)COC1)C(=O)[C@H]1CC[C@@H](C(N)=O)N1Cc1ccccc1. The van der Waals surface area contributed by atoms with Gasteiger partial charge in [0.05, 0.1) is 25.3 Å². The van der Waals surface area contributed by atoms with Crippen LogP contribution in [0.3, 0.4) is 0 Å². The Labute approximate surface area is 148 Å². The average molecular weight is 345 g/mol. The van der Waals surface area contributed by atoms with Crippen LogP contribution in [0.5, 0.6) is 0 Å². The number of hydrogen-bond donors (Lipinski definition) is 1. The van der Waals surface area contributed by atoms with Gasteiger partial charge in [0.1, 0.15) is 0 Å². The monoisotopic (exact) mass is 345 g/mol. The van der Waals surface area contributed by atoms with Gasteiger partial charge >= 0.3 is 0 Å². The number of likely N-dealkylation sites (N-methyl/N-ethyl adjacent to an activating group) is 1. The molecule has 6 heteroatoms. The third-order valence-electron chi connectivity index (χ3n) is 5.23. The first kappa shape index (κ1) is 17.9. The second-order valence-electron chi connectivity index (χ2n) is 7.67. The number of carbonyl (C=O) groups excluding carboxylic acids is 2. The minimum atomic E-state index is -0.384. The molecule has 2 N–H and O–H groups in total. The summed E-state index contributed by atoms with van der Waals surface area (Å²) >= 11 is 0. The molecule has 136 valence electrons. The largest absolute Gasteiger partial charge is 0.380 e. The fraction of sp³-hybridized carbons (Fsp3) is 0.579. The number of amides is 2. The molecule has 25 heavy (non-hydrogen) atoms. The Balaban J connectivity index is 1.73. The summed E-state index contributed by atoms with van der Waals surface area (Å²) in [6, 6.07) is 9.22. The van der Waals surface area contributed by atoms with E-state index in [4.69, 9.17) is 10.5 Å². The molecular weight excluding hydrogens is 318 g/mol. The normalized spacial score (nSPS) is 25.4. The van der Waals surface area contributed by atoms with E-state index in [-0.39, 0.29) is 29.3 Å². The highest BCUT2D eigenvalue weighted by molar-refractivity contribution is 5.86. The maximum Gasteiger partial charge on any atom is 0.239 e. The summed E-state index contributed by atoms with van der Waals surface area (Å²) in [6.45, 7) is 4.73. The molecule has 1 aromatic carbocycles. The van der Waals surface area contributed by atoms with Crippen LogP contribution in [0.1, 0.15) is 25.3 Å². The Morgan fingerprint density at radius 2 is 1.88 bits per heavy atom. The molecule has 2 saturated heterocycles. The molecule has 0 aliphatic carbocycles. The quantitative estimate of drug-likeness (QED) is 0.835. The van der Waals surface area contributed by atoms with Crippen LogP contribution >= 0.6 is 0 Å². The van der Waals surface area contributed by atoms with Crippen LogP contribution in [0.25, 0.3) is 0 Å². The van der Waals surface area contributed by atoms with Crippen LogP contribution in [0.4, 0.5) is 0 Å². The van der Waals surface area contributed by atoms with Crippen molar-refractivity contribution in [3.8, 4) is 0 Å². The molecular formula is C19H27N3O3. The second-order valence-corrected chi connectivity index (χ2v) is 7.67. The lowest BCUT2D eigenvalue weighted by Gasteiger charge is -2.41. The molecule has 0 unspecified atom stereocenters. The maximum atomic E-state index is 13.0. The summed E-state index contributed by atoms with van der Waals surface area (Å²) in [6.07, 6.45) is 1.30. The molecule has 0 radical (unpaired) electrons. The van der Waals surface area contributed by atoms with Crippen LogP contribution in [-0.4, -0.2) is 60.5 Å². The van der Waals surface area contributed by atoms with Gasteiger partial charge in [-0.15, -0.1) is 0 Å². The number of carbonyl (C=O) groups is 2. The predicted octanol–water partition coefficient (Wildman–Crippen LogP) is 1.000. The van der Waals surface area contributed by atoms with Crippen LogP contribution in [0, 0.1) is 5.41 Å². The van der Waals surface area contributed by atoms with E-state index in [2.05, 4.69) is 6.92 Å². The van der Waals surface area contributed by atoms with Crippen LogP contribution in [0.2, 0.25) is 0 Å². The maximum absolute atomic E-state index is 13.0. The molecule has 2 aliphatic heterocycles. The third-order valence-corrected chi connectivity index (χ3v) is 5.23. The predicted molar refractivity (Wildman–Crippen MR) is 94.6 cm³/mol. The highest BCUT2D eigenvalue weighted by Crippen LogP contribution is 2.30. The van der Waals surface area contributed by atoms with Gasteiger partial charge in [0.2, 0.25) is 11.8 Å². The second kappa shape index (κ2) is 7.14. The first-order chi connectivity index (χ1) is 11.9. The first-order valence-corrected chi connectivity index (χ1v) is 8.81. The van der Waals surface area contributed by atoms with Gasteiger partial charge in [-0.1, -0.05) is 37.3 Å². The topological polar surface area (TPSA) is 75.9 Å². The smallest absolute Gasteiger partial charge is 0.239 e. The van der Waals surface area contributed by atoms with Gasteiger partial charge in [-0.2, -0.15) is 0 Å². The minimum Gasteiger partial charge on any atom is -0.380 e. The van der Waals surface area contributed by atoms with Crippen LogP contribution in [0.15, 0.2) is 30.3 Å². The molecule has 0 saturated carbocycles. The summed E-state index contributed by atoms with van der Waals surface area (Å²) in [4.78, 5) is 28.6. The fourth-order valence-electron chi connectivity index (χ4n) is 3.90. The van der Waals surface area contributed by atoms with E-state index in [0.717, 1.165) is 5.56 Å². The van der Waals surface area contributed by atoms with E-state index < -0.39 is 0 Å². The standard InChI is InChI=1S/C19H27N3O3/c1-19(12-25-13-19)11-21(2)18(24)16-9-8-15(17(20)23)22(16)10-14-6-4-3-5-7-14/h3-7,15-16H,8-13H2,1-2H3,(H2,20,23)/t15-,16+/m0/s1. The molecule has 2 aliphatic rings. The molecule has 0 spiro atoms. The van der Waals surface area contributed by atoms with Gasteiger partial charge in [-0.05, 0) is 18.4 Å².